The van der Waals surface area contributed by atoms with Crippen LogP contribution in [0.15, 0.2) is 0 Å². The minimum Gasteiger partial charge on any atom is -0.480 e. The Hall–Kier alpha value is -1.06. The number of carboxylic acids is 1. The van der Waals surface area contributed by atoms with Crippen LogP contribution in [0.3, 0.4) is 0 Å². The standard InChI is InChI=1S/C15H25NO3/c1-11(2)10-14(6-3-4-7-14)12(17)16-15(13(18)19)8-5-9-15/h11H,3-10H2,1-2H3,(H,16,17)(H,18,19). The van der Waals surface area contributed by atoms with Gasteiger partial charge in [-0.05, 0) is 44.4 Å². The van der Waals surface area contributed by atoms with Gasteiger partial charge in [-0.2, -0.15) is 0 Å². The highest BCUT2D eigenvalue weighted by Gasteiger charge is 2.50. The quantitative estimate of drug-likeness (QED) is 0.805. The largest absolute Gasteiger partial charge is 0.480 e. The Morgan fingerprint density at radius 1 is 1.11 bits per heavy atom. The maximum Gasteiger partial charge on any atom is 0.329 e. The summed E-state index contributed by atoms with van der Waals surface area (Å²) in [6, 6.07) is 0. The highest BCUT2D eigenvalue weighted by molar-refractivity contribution is 5.90. The fourth-order valence-corrected chi connectivity index (χ4v) is 3.63. The van der Waals surface area contributed by atoms with Gasteiger partial charge in [-0.1, -0.05) is 26.7 Å². The number of aliphatic carboxylic acids is 1. The number of carboxylic acid groups (broad SMARTS) is 1. The van der Waals surface area contributed by atoms with Crippen LogP contribution in [0.25, 0.3) is 0 Å². The summed E-state index contributed by atoms with van der Waals surface area (Å²) in [5, 5.41) is 12.2. The molecule has 0 spiro atoms. The molecule has 0 atom stereocenters. The van der Waals surface area contributed by atoms with Crippen molar-refractivity contribution in [3.63, 3.8) is 0 Å². The average Bonchev–Trinajstić information content (AvgIpc) is 2.71. The minimum absolute atomic E-state index is 0.0131. The van der Waals surface area contributed by atoms with Gasteiger partial charge in [0, 0.05) is 5.41 Å². The predicted molar refractivity (Wildman–Crippen MR) is 72.7 cm³/mol. The molecule has 0 aromatic rings. The van der Waals surface area contributed by atoms with Crippen molar-refractivity contribution in [1.82, 2.24) is 5.32 Å². The first-order valence-corrected chi connectivity index (χ1v) is 7.46. The molecule has 2 saturated carbocycles. The molecule has 2 fully saturated rings. The number of carbonyl (C=O) groups excluding carboxylic acids is 1. The third kappa shape index (κ3) is 2.63. The molecule has 0 unspecified atom stereocenters. The molecule has 0 aliphatic heterocycles. The second-order valence-corrected chi connectivity index (χ2v) is 6.78. The van der Waals surface area contributed by atoms with Crippen LogP contribution in [0.5, 0.6) is 0 Å². The van der Waals surface area contributed by atoms with Crippen molar-refractivity contribution in [2.45, 2.75) is 70.8 Å². The summed E-state index contributed by atoms with van der Waals surface area (Å²) in [4.78, 5) is 24.0. The summed E-state index contributed by atoms with van der Waals surface area (Å²) >= 11 is 0. The summed E-state index contributed by atoms with van der Waals surface area (Å²) in [5.74, 6) is -0.420. The monoisotopic (exact) mass is 267 g/mol. The maximum absolute atomic E-state index is 12.6. The zero-order valence-electron chi connectivity index (χ0n) is 12.0. The lowest BCUT2D eigenvalue weighted by molar-refractivity contribution is -0.154. The van der Waals surface area contributed by atoms with Gasteiger partial charge in [0.05, 0.1) is 0 Å². The summed E-state index contributed by atoms with van der Waals surface area (Å²) < 4.78 is 0. The van der Waals surface area contributed by atoms with Crippen molar-refractivity contribution >= 4 is 11.9 Å². The fourth-order valence-electron chi connectivity index (χ4n) is 3.63. The van der Waals surface area contributed by atoms with Gasteiger partial charge in [0.2, 0.25) is 5.91 Å². The molecule has 4 heteroatoms. The third-order valence-electron chi connectivity index (χ3n) is 4.81. The van der Waals surface area contributed by atoms with Gasteiger partial charge in [-0.25, -0.2) is 4.79 Å². The van der Waals surface area contributed by atoms with Crippen molar-refractivity contribution < 1.29 is 14.7 Å². The second-order valence-electron chi connectivity index (χ2n) is 6.78. The van der Waals surface area contributed by atoms with Gasteiger partial charge < -0.3 is 10.4 Å². The molecule has 2 rings (SSSR count). The number of rotatable bonds is 5. The molecule has 0 radical (unpaired) electrons. The predicted octanol–water partition coefficient (Wildman–Crippen LogP) is 2.72. The van der Waals surface area contributed by atoms with E-state index in [9.17, 15) is 14.7 Å². The summed E-state index contributed by atoms with van der Waals surface area (Å²) in [6.45, 7) is 4.26. The number of carbonyl (C=O) groups is 2. The van der Waals surface area contributed by atoms with Crippen LogP contribution in [0, 0.1) is 11.3 Å². The van der Waals surface area contributed by atoms with E-state index >= 15 is 0 Å². The lowest BCUT2D eigenvalue weighted by Gasteiger charge is -2.41. The van der Waals surface area contributed by atoms with E-state index in [1.165, 1.54) is 0 Å². The Morgan fingerprint density at radius 3 is 2.05 bits per heavy atom. The highest BCUT2D eigenvalue weighted by atomic mass is 16.4. The lowest BCUT2D eigenvalue weighted by Crippen LogP contribution is -2.61. The third-order valence-corrected chi connectivity index (χ3v) is 4.81. The van der Waals surface area contributed by atoms with E-state index in [2.05, 4.69) is 19.2 Å². The molecule has 1 amide bonds. The van der Waals surface area contributed by atoms with E-state index in [-0.39, 0.29) is 11.3 Å². The first-order valence-electron chi connectivity index (χ1n) is 7.46. The molecule has 2 N–H and O–H groups in total. The topological polar surface area (TPSA) is 66.4 Å². The Morgan fingerprint density at radius 2 is 1.68 bits per heavy atom. The molecular formula is C15H25NO3. The fraction of sp³-hybridized carbons (Fsp3) is 0.867. The molecule has 2 aliphatic rings. The van der Waals surface area contributed by atoms with Crippen molar-refractivity contribution in [2.24, 2.45) is 11.3 Å². The van der Waals surface area contributed by atoms with Crippen LogP contribution < -0.4 is 5.32 Å². The Bertz CT molecular complexity index is 366. The zero-order valence-corrected chi connectivity index (χ0v) is 12.0. The molecule has 19 heavy (non-hydrogen) atoms. The van der Waals surface area contributed by atoms with Gasteiger partial charge in [-0.3, -0.25) is 4.79 Å². The molecule has 0 bridgehead atoms. The molecule has 2 aliphatic carbocycles. The average molecular weight is 267 g/mol. The van der Waals surface area contributed by atoms with Crippen molar-refractivity contribution in [2.75, 3.05) is 0 Å². The SMILES string of the molecule is CC(C)CC1(C(=O)NC2(C(=O)O)CCC2)CCCC1. The lowest BCUT2D eigenvalue weighted by atomic mass is 9.73. The number of amides is 1. The van der Waals surface area contributed by atoms with Gasteiger partial charge in [-0.15, -0.1) is 0 Å². The number of nitrogens with one attached hydrogen (secondary N) is 1. The normalized spacial score (nSPS) is 23.9. The van der Waals surface area contributed by atoms with Crippen molar-refractivity contribution in [3.8, 4) is 0 Å². The Balaban J connectivity index is 2.10. The van der Waals surface area contributed by atoms with E-state index < -0.39 is 11.5 Å². The zero-order chi connectivity index (χ0) is 14.1. The van der Waals surface area contributed by atoms with E-state index in [0.717, 1.165) is 38.5 Å². The highest BCUT2D eigenvalue weighted by Crippen LogP contribution is 2.44. The first-order chi connectivity index (χ1) is 8.90. The molecule has 4 nitrogen and oxygen atoms in total. The Labute approximate surface area is 115 Å². The van der Waals surface area contributed by atoms with Gasteiger partial charge in [0.15, 0.2) is 0 Å². The summed E-state index contributed by atoms with van der Waals surface area (Å²) in [7, 11) is 0. The molecule has 0 heterocycles. The molecule has 108 valence electrons. The maximum atomic E-state index is 12.6. The van der Waals surface area contributed by atoms with E-state index in [0.29, 0.717) is 18.8 Å². The molecule has 0 saturated heterocycles. The first kappa shape index (κ1) is 14.4. The molecule has 0 aromatic heterocycles. The van der Waals surface area contributed by atoms with Gasteiger partial charge >= 0.3 is 5.97 Å². The molecular weight excluding hydrogens is 242 g/mol. The Kier molecular flexibility index (Phi) is 3.88. The molecule has 0 aromatic carbocycles. The van der Waals surface area contributed by atoms with Crippen molar-refractivity contribution in [3.05, 3.63) is 0 Å². The van der Waals surface area contributed by atoms with Gasteiger partial charge in [0.25, 0.3) is 0 Å². The van der Waals surface area contributed by atoms with Crippen LogP contribution in [-0.4, -0.2) is 22.5 Å². The van der Waals surface area contributed by atoms with E-state index in [4.69, 9.17) is 0 Å². The van der Waals surface area contributed by atoms with E-state index in [1.54, 1.807) is 0 Å². The minimum atomic E-state index is -0.969. The number of hydrogen-bond acceptors (Lipinski definition) is 2. The van der Waals surface area contributed by atoms with Crippen LogP contribution in [0.2, 0.25) is 0 Å². The second kappa shape index (κ2) is 5.14. The van der Waals surface area contributed by atoms with Crippen LogP contribution >= 0.6 is 0 Å². The van der Waals surface area contributed by atoms with Crippen LogP contribution in [0.1, 0.15) is 65.2 Å². The van der Waals surface area contributed by atoms with Crippen molar-refractivity contribution in [1.29, 1.82) is 0 Å². The van der Waals surface area contributed by atoms with Gasteiger partial charge in [0.1, 0.15) is 5.54 Å². The van der Waals surface area contributed by atoms with E-state index in [1.807, 2.05) is 0 Å². The van der Waals surface area contributed by atoms with Crippen LogP contribution in [-0.2, 0) is 9.59 Å². The number of hydrogen-bond donors (Lipinski definition) is 2. The smallest absolute Gasteiger partial charge is 0.329 e. The van der Waals surface area contributed by atoms with Crippen LogP contribution in [0.4, 0.5) is 0 Å². The summed E-state index contributed by atoms with van der Waals surface area (Å²) in [5.41, 5.74) is -1.28. The summed E-state index contributed by atoms with van der Waals surface area (Å²) in [6.07, 6.45) is 6.90.